The van der Waals surface area contributed by atoms with E-state index < -0.39 is 0 Å². The first-order valence-corrected chi connectivity index (χ1v) is 15.4. The molecule has 0 saturated heterocycles. The van der Waals surface area contributed by atoms with E-state index in [4.69, 9.17) is 0 Å². The maximum atomic E-state index is 2.33. The number of rotatable bonds is 5. The van der Waals surface area contributed by atoms with Gasteiger partial charge in [0.05, 0.1) is 0 Å². The molecule has 2 nitrogen and oxygen atoms in total. The molecule has 0 atom stereocenters. The Labute approximate surface area is 258 Å². The fourth-order valence-electron chi connectivity index (χ4n) is 7.05. The lowest BCUT2D eigenvalue weighted by molar-refractivity contribution is -0.688. The van der Waals surface area contributed by atoms with Gasteiger partial charge in [-0.15, -0.1) is 0 Å². The van der Waals surface area contributed by atoms with Crippen LogP contribution in [0, 0.1) is 13.8 Å². The van der Waals surface area contributed by atoms with Crippen molar-refractivity contribution < 1.29 is 9.13 Å². The Balaban J connectivity index is 1.13. The monoisotopic (exact) mass is 566 g/mol. The van der Waals surface area contributed by atoms with E-state index in [1.807, 2.05) is 0 Å². The van der Waals surface area contributed by atoms with Gasteiger partial charge in [0.2, 0.25) is 0 Å². The minimum atomic E-state index is 0.829. The topological polar surface area (TPSA) is 7.76 Å². The largest absolute Gasteiger partial charge is 0.200 e. The second kappa shape index (κ2) is 10.7. The number of aromatic nitrogens is 2. The summed E-state index contributed by atoms with van der Waals surface area (Å²) in [6.07, 6.45) is 9.08. The van der Waals surface area contributed by atoms with Gasteiger partial charge >= 0.3 is 0 Å². The summed E-state index contributed by atoms with van der Waals surface area (Å²) < 4.78 is 4.66. The van der Waals surface area contributed by atoms with Crippen LogP contribution >= 0.6 is 0 Å². The molecule has 0 unspecified atom stereocenters. The van der Waals surface area contributed by atoms with Crippen molar-refractivity contribution in [3.05, 3.63) is 168 Å². The van der Waals surface area contributed by atoms with Crippen LogP contribution in [0.4, 0.5) is 0 Å². The Hall–Kier alpha value is -5.34. The van der Waals surface area contributed by atoms with Gasteiger partial charge in [-0.3, -0.25) is 0 Å². The van der Waals surface area contributed by atoms with Gasteiger partial charge < -0.3 is 0 Å². The highest BCUT2D eigenvalue weighted by molar-refractivity contribution is 6.03. The summed E-state index contributed by atoms with van der Waals surface area (Å²) in [5.41, 5.74) is 7.85. The maximum Gasteiger partial charge on any atom is 0.175 e. The molecule has 44 heavy (non-hydrogen) atoms. The zero-order valence-electron chi connectivity index (χ0n) is 25.2. The van der Waals surface area contributed by atoms with Crippen molar-refractivity contribution in [2.45, 2.75) is 26.9 Å². The molecule has 2 heterocycles. The van der Waals surface area contributed by atoms with Gasteiger partial charge in [0.1, 0.15) is 0 Å². The van der Waals surface area contributed by atoms with E-state index in [-0.39, 0.29) is 0 Å². The van der Waals surface area contributed by atoms with Crippen molar-refractivity contribution in [2.24, 2.45) is 0 Å². The van der Waals surface area contributed by atoms with Gasteiger partial charge in [-0.25, -0.2) is 9.13 Å². The molecule has 0 spiro atoms. The first kappa shape index (κ1) is 26.3. The average molecular weight is 567 g/mol. The van der Waals surface area contributed by atoms with Crippen LogP contribution in [0.5, 0.6) is 0 Å². The predicted octanol–water partition coefficient (Wildman–Crippen LogP) is 9.25. The number of benzene rings is 6. The van der Waals surface area contributed by atoms with Gasteiger partial charge in [-0.2, -0.15) is 0 Å². The molecule has 0 saturated carbocycles. The highest BCUT2D eigenvalue weighted by atomic mass is 14.9. The molecule has 0 aliphatic rings. The fourth-order valence-corrected chi connectivity index (χ4v) is 7.05. The molecule has 210 valence electrons. The molecular formula is C42H34N2+2. The molecule has 8 rings (SSSR count). The molecule has 0 fully saturated rings. The summed E-state index contributed by atoms with van der Waals surface area (Å²) >= 11 is 0. The summed E-state index contributed by atoms with van der Waals surface area (Å²) in [4.78, 5) is 0. The van der Waals surface area contributed by atoms with Crippen LogP contribution in [-0.2, 0) is 13.1 Å². The van der Waals surface area contributed by atoms with E-state index in [0.29, 0.717) is 0 Å². The summed E-state index contributed by atoms with van der Waals surface area (Å²) in [6, 6.07) is 44.2. The second-order valence-corrected chi connectivity index (χ2v) is 12.0. The van der Waals surface area contributed by atoms with Gasteiger partial charge in [-0.1, -0.05) is 97.1 Å². The molecular weight excluding hydrogens is 532 g/mol. The summed E-state index contributed by atoms with van der Waals surface area (Å²) in [5.74, 6) is 0. The van der Waals surface area contributed by atoms with E-state index in [1.54, 1.807) is 0 Å². The van der Waals surface area contributed by atoms with Crippen molar-refractivity contribution >= 4 is 43.1 Å². The third-order valence-electron chi connectivity index (χ3n) is 9.17. The minimum absolute atomic E-state index is 0.829. The van der Waals surface area contributed by atoms with Gasteiger partial charge in [0.25, 0.3) is 0 Å². The Morgan fingerprint density at radius 2 is 0.727 bits per heavy atom. The number of hydrogen-bond acceptors (Lipinski definition) is 0. The van der Waals surface area contributed by atoms with Crippen LogP contribution in [0.1, 0.15) is 22.3 Å². The first-order chi connectivity index (χ1) is 21.6. The normalized spacial score (nSPS) is 11.6. The van der Waals surface area contributed by atoms with Gasteiger partial charge in [0.15, 0.2) is 37.9 Å². The lowest BCUT2D eigenvalue weighted by Crippen LogP contribution is -2.35. The van der Waals surface area contributed by atoms with Gasteiger partial charge in [-0.05, 0) is 80.2 Å². The van der Waals surface area contributed by atoms with Crippen LogP contribution in [0.2, 0.25) is 0 Å². The smallest absolute Gasteiger partial charge is 0.175 e. The summed E-state index contributed by atoms with van der Waals surface area (Å²) in [7, 11) is 0. The lowest BCUT2D eigenvalue weighted by atomic mass is 9.96. The Kier molecular flexibility index (Phi) is 6.42. The molecule has 0 aliphatic heterocycles. The Bertz CT molecular complexity index is 2090. The third kappa shape index (κ3) is 4.60. The number of hydrogen-bond donors (Lipinski definition) is 0. The van der Waals surface area contributed by atoms with Crippen molar-refractivity contribution in [1.82, 2.24) is 0 Å². The van der Waals surface area contributed by atoms with Crippen LogP contribution in [0.3, 0.4) is 0 Å². The molecule has 0 aliphatic carbocycles. The highest BCUT2D eigenvalue weighted by Crippen LogP contribution is 2.31. The van der Waals surface area contributed by atoms with E-state index in [0.717, 1.165) is 13.1 Å². The molecule has 0 bridgehead atoms. The molecule has 2 heteroatoms. The molecule has 0 amide bonds. The zero-order valence-corrected chi connectivity index (χ0v) is 25.2. The van der Waals surface area contributed by atoms with Gasteiger partial charge in [0, 0.05) is 34.4 Å². The predicted molar refractivity (Wildman–Crippen MR) is 183 cm³/mol. The third-order valence-corrected chi connectivity index (χ3v) is 9.17. The fraction of sp³-hybridized carbons (Fsp3) is 0.0952. The van der Waals surface area contributed by atoms with Crippen LogP contribution in [0.15, 0.2) is 146 Å². The van der Waals surface area contributed by atoms with Crippen LogP contribution in [-0.4, -0.2) is 0 Å². The minimum Gasteiger partial charge on any atom is -0.200 e. The molecule has 0 radical (unpaired) electrons. The zero-order chi connectivity index (χ0) is 29.6. The molecule has 2 aromatic heterocycles. The Morgan fingerprint density at radius 1 is 0.409 bits per heavy atom. The molecule has 6 aromatic carbocycles. The van der Waals surface area contributed by atoms with E-state index in [2.05, 4.69) is 169 Å². The quantitative estimate of drug-likeness (QED) is 0.145. The van der Waals surface area contributed by atoms with Crippen molar-refractivity contribution in [3.63, 3.8) is 0 Å². The molecule has 0 N–H and O–H groups in total. The highest BCUT2D eigenvalue weighted by Gasteiger charge is 2.17. The SMILES string of the molecule is Cc1c[n+](Cc2c3ccccc3cc3ccccc23)ccc1-c1cc[n+](Cc2c3ccccc3cc3ccccc23)cc1C. The van der Waals surface area contributed by atoms with E-state index >= 15 is 0 Å². The standard InChI is InChI=1S/C42H34N2/c1-29-25-43(27-41-37-15-7-3-11-31(37)23-32-12-4-8-16-38(32)41)21-19-35(29)36-20-22-44(26-30(36)2)28-42-39-17-9-5-13-33(39)24-34-14-6-10-18-40(34)42/h3-26H,27-28H2,1-2H3/q+2. The lowest BCUT2D eigenvalue weighted by Gasteiger charge is -2.12. The van der Waals surface area contributed by atoms with Crippen molar-refractivity contribution in [3.8, 4) is 11.1 Å². The Morgan fingerprint density at radius 3 is 1.05 bits per heavy atom. The first-order valence-electron chi connectivity index (χ1n) is 15.4. The number of aryl methyl sites for hydroxylation is 2. The molecule has 8 aromatic rings. The maximum absolute atomic E-state index is 2.33. The van der Waals surface area contributed by atoms with Crippen molar-refractivity contribution in [1.29, 1.82) is 0 Å². The van der Waals surface area contributed by atoms with Crippen LogP contribution < -0.4 is 9.13 Å². The summed E-state index contributed by atoms with van der Waals surface area (Å²) in [6.45, 7) is 6.12. The van der Waals surface area contributed by atoms with E-state index in [1.165, 1.54) is 76.5 Å². The second-order valence-electron chi connectivity index (χ2n) is 12.0. The van der Waals surface area contributed by atoms with Crippen LogP contribution in [0.25, 0.3) is 54.2 Å². The number of nitrogens with zero attached hydrogens (tertiary/aromatic N) is 2. The summed E-state index contributed by atoms with van der Waals surface area (Å²) in [5, 5.41) is 10.5. The van der Waals surface area contributed by atoms with Crippen molar-refractivity contribution in [2.75, 3.05) is 0 Å². The average Bonchev–Trinajstić information content (AvgIpc) is 3.05. The number of fused-ring (bicyclic) bond motifs is 4. The number of pyridine rings is 2. The van der Waals surface area contributed by atoms with E-state index in [9.17, 15) is 0 Å².